The summed E-state index contributed by atoms with van der Waals surface area (Å²) in [6.45, 7) is 0. The summed E-state index contributed by atoms with van der Waals surface area (Å²) in [4.78, 5) is 13.4. The second-order valence-electron chi connectivity index (χ2n) is 5.03. The van der Waals surface area contributed by atoms with Crippen molar-refractivity contribution in [2.45, 2.75) is 18.8 Å². The predicted molar refractivity (Wildman–Crippen MR) is 81.4 cm³/mol. The van der Waals surface area contributed by atoms with Gasteiger partial charge in [0.2, 0.25) is 5.88 Å². The van der Waals surface area contributed by atoms with Crippen LogP contribution in [0.4, 0.5) is 0 Å². The fourth-order valence-electron chi connectivity index (χ4n) is 2.48. The summed E-state index contributed by atoms with van der Waals surface area (Å²) in [6.07, 6.45) is 7.63. The fraction of sp³-hybridized carbons (Fsp3) is 0.286. The van der Waals surface area contributed by atoms with Crippen LogP contribution in [0.2, 0.25) is 0 Å². The highest BCUT2D eigenvalue weighted by Gasteiger charge is 2.29. The summed E-state index contributed by atoms with van der Waals surface area (Å²) in [6, 6.07) is 2.04. The predicted octanol–water partition coefficient (Wildman–Crippen LogP) is 2.93. The second-order valence-corrected chi connectivity index (χ2v) is 5.70. The van der Waals surface area contributed by atoms with Crippen LogP contribution in [0.25, 0.3) is 22.4 Å². The highest BCUT2D eigenvalue weighted by atomic mass is 79.9. The van der Waals surface area contributed by atoms with Crippen molar-refractivity contribution in [3.8, 4) is 17.3 Å². The van der Waals surface area contributed by atoms with E-state index in [1.54, 1.807) is 29.4 Å². The van der Waals surface area contributed by atoms with E-state index >= 15 is 0 Å². The summed E-state index contributed by atoms with van der Waals surface area (Å²) >= 11 is 3.31. The molecule has 0 aromatic carbocycles. The van der Waals surface area contributed by atoms with Crippen molar-refractivity contribution in [1.82, 2.24) is 23.8 Å². The lowest BCUT2D eigenvalue weighted by molar-refractivity contribution is 0.399. The van der Waals surface area contributed by atoms with Gasteiger partial charge >= 0.3 is 0 Å². The first-order valence-electron chi connectivity index (χ1n) is 6.68. The van der Waals surface area contributed by atoms with Gasteiger partial charge in [0.15, 0.2) is 5.82 Å². The molecule has 1 aliphatic carbocycles. The van der Waals surface area contributed by atoms with Gasteiger partial charge in [-0.3, -0.25) is 0 Å². The molecule has 6 nitrogen and oxygen atoms in total. The average molecular weight is 346 g/mol. The number of fused-ring (bicyclic) bond motifs is 1. The van der Waals surface area contributed by atoms with Crippen molar-refractivity contribution in [2.24, 2.45) is 0 Å². The minimum atomic E-state index is 0.565. The smallest absolute Gasteiger partial charge is 0.224 e. The standard InChI is InChI=1S/C14H12BrN5O/c1-21-14-12(9(4-5-16-14)8-2-3-8)13-17-7-11-10(19-13)6-18-20(11)15/h4-8H,2-3H2,1H3. The Morgan fingerprint density at radius 1 is 1.29 bits per heavy atom. The van der Waals surface area contributed by atoms with Crippen molar-refractivity contribution in [3.05, 3.63) is 30.2 Å². The molecule has 3 heterocycles. The third kappa shape index (κ3) is 2.08. The first-order chi connectivity index (χ1) is 10.3. The molecular weight excluding hydrogens is 334 g/mol. The molecule has 1 saturated carbocycles. The van der Waals surface area contributed by atoms with Crippen LogP contribution in [0, 0.1) is 0 Å². The summed E-state index contributed by atoms with van der Waals surface area (Å²) in [5.74, 6) is 1.77. The molecule has 0 aliphatic heterocycles. The zero-order valence-electron chi connectivity index (χ0n) is 11.3. The Bertz CT molecular complexity index is 827. The molecule has 0 atom stereocenters. The van der Waals surface area contributed by atoms with Crippen LogP contribution in [-0.2, 0) is 0 Å². The second kappa shape index (κ2) is 4.77. The molecule has 0 amide bonds. The molecule has 7 heteroatoms. The Morgan fingerprint density at radius 2 is 2.14 bits per heavy atom. The number of pyridine rings is 1. The third-order valence-electron chi connectivity index (χ3n) is 3.66. The maximum absolute atomic E-state index is 5.41. The molecule has 0 bridgehead atoms. The van der Waals surface area contributed by atoms with Gasteiger partial charge in [-0.1, -0.05) is 0 Å². The molecule has 1 fully saturated rings. The minimum Gasteiger partial charge on any atom is -0.480 e. The summed E-state index contributed by atoms with van der Waals surface area (Å²) in [5.41, 5.74) is 3.72. The number of hydrogen-bond donors (Lipinski definition) is 0. The normalized spacial score (nSPS) is 14.6. The molecular formula is C14H12BrN5O. The molecule has 0 saturated heterocycles. The van der Waals surface area contributed by atoms with Gasteiger partial charge in [0, 0.05) is 6.20 Å². The molecule has 0 spiro atoms. The number of ether oxygens (including phenoxy) is 1. The van der Waals surface area contributed by atoms with Gasteiger partial charge in [-0.25, -0.2) is 15.0 Å². The number of hydrogen-bond acceptors (Lipinski definition) is 5. The molecule has 4 rings (SSSR count). The van der Waals surface area contributed by atoms with Crippen molar-refractivity contribution < 1.29 is 4.74 Å². The van der Waals surface area contributed by atoms with E-state index < -0.39 is 0 Å². The summed E-state index contributed by atoms with van der Waals surface area (Å²) in [5, 5.41) is 4.13. The number of methoxy groups -OCH3 is 1. The monoisotopic (exact) mass is 345 g/mol. The lowest BCUT2D eigenvalue weighted by Gasteiger charge is -2.11. The molecule has 3 aromatic rings. The SMILES string of the molecule is COc1nccc(C2CC2)c1-c1ncc2c(cnn2Br)n1. The number of aromatic nitrogens is 5. The van der Waals surface area contributed by atoms with E-state index in [4.69, 9.17) is 4.74 Å². The van der Waals surface area contributed by atoms with Crippen LogP contribution in [0.1, 0.15) is 24.3 Å². The highest BCUT2D eigenvalue weighted by molar-refractivity contribution is 9.08. The van der Waals surface area contributed by atoms with Gasteiger partial charge in [-0.15, -0.1) is 0 Å². The zero-order valence-corrected chi connectivity index (χ0v) is 12.9. The average Bonchev–Trinajstić information content (AvgIpc) is 3.31. The van der Waals surface area contributed by atoms with Gasteiger partial charge in [0.1, 0.15) is 11.0 Å². The quantitative estimate of drug-likeness (QED) is 0.730. The molecule has 106 valence electrons. The van der Waals surface area contributed by atoms with Gasteiger partial charge in [-0.05, 0) is 30.4 Å². The molecule has 0 unspecified atom stereocenters. The first-order valence-corrected chi connectivity index (χ1v) is 7.39. The molecule has 0 N–H and O–H groups in total. The van der Waals surface area contributed by atoms with Crippen LogP contribution in [0.3, 0.4) is 0 Å². The summed E-state index contributed by atoms with van der Waals surface area (Å²) in [7, 11) is 1.62. The summed E-state index contributed by atoms with van der Waals surface area (Å²) < 4.78 is 6.99. The van der Waals surface area contributed by atoms with Crippen LogP contribution >= 0.6 is 16.1 Å². The molecule has 3 aromatic heterocycles. The molecule has 21 heavy (non-hydrogen) atoms. The first kappa shape index (κ1) is 12.7. The topological polar surface area (TPSA) is 65.7 Å². The van der Waals surface area contributed by atoms with Crippen LogP contribution in [-0.4, -0.2) is 30.9 Å². The Labute approximate surface area is 129 Å². The lowest BCUT2D eigenvalue weighted by atomic mass is 10.0. The van der Waals surface area contributed by atoms with E-state index in [1.165, 1.54) is 18.4 Å². The van der Waals surface area contributed by atoms with Crippen molar-refractivity contribution in [1.29, 1.82) is 0 Å². The van der Waals surface area contributed by atoms with Crippen molar-refractivity contribution in [3.63, 3.8) is 0 Å². The van der Waals surface area contributed by atoms with E-state index in [-0.39, 0.29) is 0 Å². The number of nitrogens with zero attached hydrogens (tertiary/aromatic N) is 5. The molecule has 1 aliphatic rings. The van der Waals surface area contributed by atoms with Gasteiger partial charge < -0.3 is 4.74 Å². The van der Waals surface area contributed by atoms with Gasteiger partial charge in [0.05, 0.1) is 41.2 Å². The van der Waals surface area contributed by atoms with E-state index in [0.29, 0.717) is 17.6 Å². The van der Waals surface area contributed by atoms with Crippen molar-refractivity contribution in [2.75, 3.05) is 7.11 Å². The Morgan fingerprint density at radius 3 is 2.90 bits per heavy atom. The maximum Gasteiger partial charge on any atom is 0.224 e. The molecule has 0 radical (unpaired) electrons. The zero-order chi connectivity index (χ0) is 14.4. The maximum atomic E-state index is 5.41. The Balaban J connectivity index is 1.94. The van der Waals surface area contributed by atoms with Crippen LogP contribution < -0.4 is 4.74 Å². The lowest BCUT2D eigenvalue weighted by Crippen LogP contribution is -1.99. The van der Waals surface area contributed by atoms with E-state index in [9.17, 15) is 0 Å². The largest absolute Gasteiger partial charge is 0.480 e. The minimum absolute atomic E-state index is 0.565. The van der Waals surface area contributed by atoms with E-state index in [0.717, 1.165) is 16.6 Å². The van der Waals surface area contributed by atoms with Crippen LogP contribution in [0.5, 0.6) is 5.88 Å². The third-order valence-corrected chi connectivity index (χ3v) is 4.23. The van der Waals surface area contributed by atoms with Crippen LogP contribution in [0.15, 0.2) is 24.7 Å². The number of halogens is 1. The Kier molecular flexibility index (Phi) is 2.88. The highest BCUT2D eigenvalue weighted by Crippen LogP contribution is 2.46. The van der Waals surface area contributed by atoms with E-state index in [2.05, 4.69) is 36.2 Å². The van der Waals surface area contributed by atoms with Crippen molar-refractivity contribution >= 4 is 27.2 Å². The fourth-order valence-corrected chi connectivity index (χ4v) is 2.85. The van der Waals surface area contributed by atoms with Gasteiger partial charge in [-0.2, -0.15) is 8.81 Å². The Hall–Kier alpha value is -2.02. The van der Waals surface area contributed by atoms with Gasteiger partial charge in [0.25, 0.3) is 0 Å². The van der Waals surface area contributed by atoms with E-state index in [1.807, 2.05) is 6.07 Å². The number of rotatable bonds is 3.